The Kier molecular flexibility index (Phi) is 4.24. The Hall–Kier alpha value is -0.470. The Morgan fingerprint density at radius 2 is 1.89 bits per heavy atom. The van der Waals surface area contributed by atoms with Crippen LogP contribution in [0, 0.1) is 5.41 Å². The molecule has 1 aromatic heterocycles. The van der Waals surface area contributed by atoms with Crippen LogP contribution in [0.1, 0.15) is 27.7 Å². The van der Waals surface area contributed by atoms with Gasteiger partial charge in [-0.3, -0.25) is 0 Å². The van der Waals surface area contributed by atoms with E-state index in [1.165, 1.54) is 8.99 Å². The third-order valence-electron chi connectivity index (χ3n) is 3.16. The van der Waals surface area contributed by atoms with Gasteiger partial charge in [0.2, 0.25) is 5.03 Å². The minimum Gasteiger partial charge on any atom is -0.235 e. The van der Waals surface area contributed by atoms with E-state index in [0.717, 1.165) is 0 Å². The largest absolute Gasteiger partial charge is 0.263 e. The third-order valence-corrected chi connectivity index (χ3v) is 5.98. The molecule has 0 aliphatic rings. The van der Waals surface area contributed by atoms with E-state index in [-0.39, 0.29) is 21.1 Å². The fourth-order valence-corrected chi connectivity index (χ4v) is 4.06. The lowest BCUT2D eigenvalue weighted by Gasteiger charge is -2.34. The summed E-state index contributed by atoms with van der Waals surface area (Å²) >= 11 is 3.12. The van der Waals surface area contributed by atoms with Gasteiger partial charge in [0.15, 0.2) is 4.60 Å². The molecule has 0 aromatic carbocycles. The van der Waals surface area contributed by atoms with Crippen LogP contribution in [0.5, 0.6) is 0 Å². The summed E-state index contributed by atoms with van der Waals surface area (Å²) < 4.78 is 27.9. The summed E-state index contributed by atoms with van der Waals surface area (Å²) in [5.41, 5.74) is -0.152. The number of aromatic nitrogens is 3. The van der Waals surface area contributed by atoms with Gasteiger partial charge in [0.05, 0.1) is 0 Å². The van der Waals surface area contributed by atoms with Gasteiger partial charge in [-0.2, -0.15) is 4.31 Å². The Balaban J connectivity index is 3.24. The Labute approximate surface area is 117 Å². The van der Waals surface area contributed by atoms with Gasteiger partial charge in [-0.05, 0) is 28.3 Å². The van der Waals surface area contributed by atoms with Crippen LogP contribution in [0.4, 0.5) is 0 Å². The molecule has 8 heteroatoms. The van der Waals surface area contributed by atoms with E-state index in [1.54, 1.807) is 14.1 Å². The Bertz CT molecular complexity index is 513. The summed E-state index contributed by atoms with van der Waals surface area (Å²) in [6, 6.07) is -0.149. The maximum absolute atomic E-state index is 12.5. The van der Waals surface area contributed by atoms with Crippen LogP contribution >= 0.6 is 15.9 Å². The van der Waals surface area contributed by atoms with E-state index in [4.69, 9.17) is 0 Å². The highest BCUT2D eigenvalue weighted by Gasteiger charge is 2.35. The predicted octanol–water partition coefficient (Wildman–Crippen LogP) is 1.63. The molecule has 0 aliphatic carbocycles. The Morgan fingerprint density at radius 3 is 2.22 bits per heavy atom. The molecule has 0 saturated carbocycles. The van der Waals surface area contributed by atoms with Gasteiger partial charge in [0, 0.05) is 20.1 Å². The summed E-state index contributed by atoms with van der Waals surface area (Å²) in [7, 11) is -0.485. The zero-order valence-electron chi connectivity index (χ0n) is 11.5. The SMILES string of the molecule is CC(N(C)S(=O)(=O)c1c(Br)nnn1C)C(C)(C)C. The molecule has 0 fully saturated rings. The number of sulfonamides is 1. The molecule has 1 unspecified atom stereocenters. The number of hydrogen-bond donors (Lipinski definition) is 0. The molecule has 0 bridgehead atoms. The van der Waals surface area contributed by atoms with Crippen LogP contribution < -0.4 is 0 Å². The molecule has 1 aromatic rings. The first-order valence-corrected chi connectivity index (χ1v) is 7.76. The van der Waals surface area contributed by atoms with Gasteiger partial charge < -0.3 is 0 Å². The number of rotatable bonds is 3. The van der Waals surface area contributed by atoms with Crippen molar-refractivity contribution < 1.29 is 8.42 Å². The summed E-state index contributed by atoms with van der Waals surface area (Å²) in [5, 5.41) is 7.48. The van der Waals surface area contributed by atoms with Crippen molar-refractivity contribution in [3.8, 4) is 0 Å². The molecule has 0 N–H and O–H groups in total. The molecule has 0 spiro atoms. The van der Waals surface area contributed by atoms with Gasteiger partial charge >= 0.3 is 0 Å². The fraction of sp³-hybridized carbons (Fsp3) is 0.800. The zero-order chi connectivity index (χ0) is 14.3. The average molecular weight is 339 g/mol. The highest BCUT2D eigenvalue weighted by molar-refractivity contribution is 9.10. The average Bonchev–Trinajstić information content (AvgIpc) is 2.55. The first-order valence-electron chi connectivity index (χ1n) is 5.52. The van der Waals surface area contributed by atoms with Crippen molar-refractivity contribution in [1.82, 2.24) is 19.3 Å². The zero-order valence-corrected chi connectivity index (χ0v) is 13.9. The summed E-state index contributed by atoms with van der Waals surface area (Å²) in [6.45, 7) is 7.88. The Morgan fingerprint density at radius 1 is 1.39 bits per heavy atom. The second-order valence-corrected chi connectivity index (χ2v) is 8.04. The molecule has 1 rings (SSSR count). The quantitative estimate of drug-likeness (QED) is 0.839. The standard InChI is InChI=1S/C10H19BrN4O2S/c1-7(10(2,3)4)15(6)18(16,17)9-8(11)12-13-14(9)5/h7H,1-6H3. The molecule has 104 valence electrons. The molecular weight excluding hydrogens is 320 g/mol. The molecule has 0 radical (unpaired) electrons. The van der Waals surface area contributed by atoms with Gasteiger partial charge in [0.25, 0.3) is 10.0 Å². The topological polar surface area (TPSA) is 68.1 Å². The molecule has 1 atom stereocenters. The second kappa shape index (κ2) is 4.90. The van der Waals surface area contributed by atoms with Gasteiger partial charge in [0.1, 0.15) is 0 Å². The predicted molar refractivity (Wildman–Crippen MR) is 72.6 cm³/mol. The summed E-state index contributed by atoms with van der Waals surface area (Å²) in [5.74, 6) is 0. The number of hydrogen-bond acceptors (Lipinski definition) is 4. The van der Waals surface area contributed by atoms with Crippen molar-refractivity contribution in [2.75, 3.05) is 7.05 Å². The molecule has 0 saturated heterocycles. The first-order chi connectivity index (χ1) is 7.99. The fourth-order valence-electron chi connectivity index (χ4n) is 1.49. The highest BCUT2D eigenvalue weighted by atomic mass is 79.9. The number of aryl methyl sites for hydroxylation is 1. The van der Waals surface area contributed by atoms with E-state index < -0.39 is 10.0 Å². The minimum atomic E-state index is -3.61. The van der Waals surface area contributed by atoms with Crippen LogP contribution in [0.2, 0.25) is 0 Å². The molecule has 0 amide bonds. The second-order valence-electron chi connectivity index (χ2n) is 5.37. The number of nitrogens with zero attached hydrogens (tertiary/aromatic N) is 4. The van der Waals surface area contributed by atoms with Crippen molar-refractivity contribution in [2.45, 2.75) is 38.8 Å². The van der Waals surface area contributed by atoms with Gasteiger partial charge in [-0.1, -0.05) is 26.0 Å². The number of halogens is 1. The van der Waals surface area contributed by atoms with Crippen molar-refractivity contribution in [3.05, 3.63) is 4.60 Å². The molecule has 6 nitrogen and oxygen atoms in total. The van der Waals surface area contributed by atoms with Crippen molar-refractivity contribution >= 4 is 26.0 Å². The summed E-state index contributed by atoms with van der Waals surface area (Å²) in [6.07, 6.45) is 0. The summed E-state index contributed by atoms with van der Waals surface area (Å²) in [4.78, 5) is 0. The molecular formula is C10H19BrN4O2S. The van der Waals surface area contributed by atoms with Crippen LogP contribution in [0.3, 0.4) is 0 Å². The third kappa shape index (κ3) is 2.75. The van der Waals surface area contributed by atoms with Crippen LogP contribution in [0.15, 0.2) is 9.63 Å². The highest BCUT2D eigenvalue weighted by Crippen LogP contribution is 2.29. The van der Waals surface area contributed by atoms with E-state index in [0.29, 0.717) is 0 Å². The van der Waals surface area contributed by atoms with Crippen LogP contribution in [0.25, 0.3) is 0 Å². The molecule has 1 heterocycles. The van der Waals surface area contributed by atoms with E-state index >= 15 is 0 Å². The minimum absolute atomic E-state index is 0.0705. The molecule has 0 aliphatic heterocycles. The van der Waals surface area contributed by atoms with E-state index in [2.05, 4.69) is 26.2 Å². The maximum atomic E-state index is 12.5. The van der Waals surface area contributed by atoms with Gasteiger partial charge in [-0.25, -0.2) is 13.1 Å². The lowest BCUT2D eigenvalue weighted by atomic mass is 9.88. The smallest absolute Gasteiger partial charge is 0.235 e. The monoisotopic (exact) mass is 338 g/mol. The lowest BCUT2D eigenvalue weighted by Crippen LogP contribution is -2.43. The van der Waals surface area contributed by atoms with Gasteiger partial charge in [-0.15, -0.1) is 5.10 Å². The van der Waals surface area contributed by atoms with E-state index in [9.17, 15) is 8.42 Å². The normalized spacial score (nSPS) is 15.1. The first kappa shape index (κ1) is 15.6. The van der Waals surface area contributed by atoms with Crippen molar-refractivity contribution in [2.24, 2.45) is 12.5 Å². The van der Waals surface area contributed by atoms with E-state index in [1.807, 2.05) is 27.7 Å². The van der Waals surface area contributed by atoms with Crippen molar-refractivity contribution in [3.63, 3.8) is 0 Å². The van der Waals surface area contributed by atoms with Crippen molar-refractivity contribution in [1.29, 1.82) is 0 Å². The maximum Gasteiger partial charge on any atom is 0.263 e. The van der Waals surface area contributed by atoms with Crippen LogP contribution in [-0.4, -0.2) is 40.8 Å². The molecule has 18 heavy (non-hydrogen) atoms. The lowest BCUT2D eigenvalue weighted by molar-refractivity contribution is 0.215. The van der Waals surface area contributed by atoms with Crippen LogP contribution in [-0.2, 0) is 17.1 Å².